The summed E-state index contributed by atoms with van der Waals surface area (Å²) < 4.78 is 28.0. The van der Waals surface area contributed by atoms with Crippen LogP contribution in [0, 0.1) is 11.6 Å². The molecule has 1 aliphatic heterocycles. The van der Waals surface area contributed by atoms with Gasteiger partial charge in [-0.15, -0.1) is 0 Å². The molecule has 116 valence electrons. The first kappa shape index (κ1) is 14.7. The van der Waals surface area contributed by atoms with Crippen LogP contribution in [0.15, 0.2) is 12.1 Å². The van der Waals surface area contributed by atoms with Gasteiger partial charge in [-0.25, -0.2) is 8.78 Å². The molecule has 1 heterocycles. The summed E-state index contributed by atoms with van der Waals surface area (Å²) in [5.74, 6) is -1.56. The zero-order valence-electron chi connectivity index (χ0n) is 12.3. The van der Waals surface area contributed by atoms with Crippen LogP contribution in [0.3, 0.4) is 0 Å². The molecule has 1 saturated heterocycles. The van der Waals surface area contributed by atoms with Gasteiger partial charge in [0.2, 0.25) is 0 Å². The Morgan fingerprint density at radius 2 is 1.67 bits per heavy atom. The van der Waals surface area contributed by atoms with E-state index in [1.165, 1.54) is 25.7 Å². The predicted octanol–water partition coefficient (Wildman–Crippen LogP) is 2.49. The molecule has 0 aromatic heterocycles. The predicted molar refractivity (Wildman–Crippen MR) is 80.3 cm³/mol. The number of halogens is 2. The smallest absolute Gasteiger partial charge is 0.182 e. The fourth-order valence-electron chi connectivity index (χ4n) is 3.58. The normalized spacial score (nSPS) is 21.2. The van der Waals surface area contributed by atoms with E-state index in [0.29, 0.717) is 11.7 Å². The Balaban J connectivity index is 1.68. The monoisotopic (exact) mass is 295 g/mol. The third kappa shape index (κ3) is 2.90. The summed E-state index contributed by atoms with van der Waals surface area (Å²) in [6.07, 6.45) is 5.22. The maximum absolute atomic E-state index is 14.1. The molecule has 0 bridgehead atoms. The van der Waals surface area contributed by atoms with Crippen molar-refractivity contribution in [2.75, 3.05) is 31.1 Å². The molecule has 0 radical (unpaired) electrons. The molecule has 0 unspecified atom stereocenters. The zero-order valence-corrected chi connectivity index (χ0v) is 12.3. The molecule has 2 fully saturated rings. The molecule has 2 aliphatic rings. The van der Waals surface area contributed by atoms with Crippen LogP contribution in [-0.2, 0) is 6.54 Å². The van der Waals surface area contributed by atoms with Gasteiger partial charge in [0.05, 0.1) is 5.69 Å². The average molecular weight is 295 g/mol. The van der Waals surface area contributed by atoms with Crippen molar-refractivity contribution in [1.82, 2.24) is 4.90 Å². The second-order valence-corrected chi connectivity index (χ2v) is 6.04. The number of hydrogen-bond donors (Lipinski definition) is 1. The second kappa shape index (κ2) is 6.28. The Morgan fingerprint density at radius 3 is 2.29 bits per heavy atom. The minimum Gasteiger partial charge on any atom is -0.367 e. The van der Waals surface area contributed by atoms with E-state index in [4.69, 9.17) is 5.73 Å². The van der Waals surface area contributed by atoms with Crippen LogP contribution in [0.4, 0.5) is 14.5 Å². The van der Waals surface area contributed by atoms with Gasteiger partial charge >= 0.3 is 0 Å². The van der Waals surface area contributed by atoms with E-state index in [-0.39, 0.29) is 12.1 Å². The standard InChI is InChI=1S/C16H23F2N3/c17-15-12(11-19)5-6-14(16(15)18)21-9-7-20(8-10-21)13-3-1-2-4-13/h5-6,13H,1-4,7-11,19H2. The topological polar surface area (TPSA) is 32.5 Å². The highest BCUT2D eigenvalue weighted by Crippen LogP contribution is 2.28. The Bertz CT molecular complexity index is 493. The minimum absolute atomic E-state index is 0.0263. The van der Waals surface area contributed by atoms with Gasteiger partial charge in [0.25, 0.3) is 0 Å². The lowest BCUT2D eigenvalue weighted by Crippen LogP contribution is -2.50. The number of benzene rings is 1. The summed E-state index contributed by atoms with van der Waals surface area (Å²) in [6, 6.07) is 3.96. The lowest BCUT2D eigenvalue weighted by atomic mass is 10.1. The van der Waals surface area contributed by atoms with Gasteiger partial charge in [-0.2, -0.15) is 0 Å². The molecule has 0 spiro atoms. The second-order valence-electron chi connectivity index (χ2n) is 6.04. The molecule has 21 heavy (non-hydrogen) atoms. The van der Waals surface area contributed by atoms with Crippen LogP contribution < -0.4 is 10.6 Å². The van der Waals surface area contributed by atoms with Crippen LogP contribution in [0.1, 0.15) is 31.2 Å². The largest absolute Gasteiger partial charge is 0.367 e. The van der Waals surface area contributed by atoms with Gasteiger partial charge in [-0.05, 0) is 18.9 Å². The number of piperazine rings is 1. The van der Waals surface area contributed by atoms with Crippen molar-refractivity contribution in [3.8, 4) is 0 Å². The highest BCUT2D eigenvalue weighted by atomic mass is 19.2. The van der Waals surface area contributed by atoms with Gasteiger partial charge in [0.15, 0.2) is 11.6 Å². The molecule has 0 amide bonds. The van der Waals surface area contributed by atoms with E-state index in [2.05, 4.69) is 4.90 Å². The van der Waals surface area contributed by atoms with Gasteiger partial charge in [-0.3, -0.25) is 4.90 Å². The summed E-state index contributed by atoms with van der Waals surface area (Å²) in [4.78, 5) is 4.45. The number of anilines is 1. The first-order chi connectivity index (χ1) is 10.2. The third-order valence-corrected chi connectivity index (χ3v) is 4.86. The first-order valence-electron chi connectivity index (χ1n) is 7.86. The van der Waals surface area contributed by atoms with Gasteiger partial charge in [-0.1, -0.05) is 18.9 Å². The van der Waals surface area contributed by atoms with Crippen LogP contribution in [0.5, 0.6) is 0 Å². The number of rotatable bonds is 3. The molecule has 5 heteroatoms. The van der Waals surface area contributed by atoms with Crippen LogP contribution in [-0.4, -0.2) is 37.1 Å². The number of hydrogen-bond acceptors (Lipinski definition) is 3. The SMILES string of the molecule is NCc1ccc(N2CCN(C3CCCC3)CC2)c(F)c1F. The third-order valence-electron chi connectivity index (χ3n) is 4.86. The van der Waals surface area contributed by atoms with E-state index in [0.717, 1.165) is 26.2 Å². The van der Waals surface area contributed by atoms with Crippen molar-refractivity contribution >= 4 is 5.69 Å². The fraction of sp³-hybridized carbons (Fsp3) is 0.625. The maximum Gasteiger partial charge on any atom is 0.182 e. The molecular formula is C16H23F2N3. The molecule has 3 nitrogen and oxygen atoms in total. The summed E-state index contributed by atoms with van der Waals surface area (Å²) in [5.41, 5.74) is 6.02. The van der Waals surface area contributed by atoms with Crippen molar-refractivity contribution in [3.63, 3.8) is 0 Å². The molecular weight excluding hydrogens is 272 g/mol. The summed E-state index contributed by atoms with van der Waals surface area (Å²) in [6.45, 7) is 3.41. The van der Waals surface area contributed by atoms with Crippen molar-refractivity contribution in [2.24, 2.45) is 5.73 Å². The molecule has 1 aromatic rings. The van der Waals surface area contributed by atoms with Gasteiger partial charge in [0, 0.05) is 44.3 Å². The molecule has 0 atom stereocenters. The lowest BCUT2D eigenvalue weighted by Gasteiger charge is -2.39. The maximum atomic E-state index is 14.1. The summed E-state index contributed by atoms with van der Waals surface area (Å²) in [5, 5.41) is 0. The van der Waals surface area contributed by atoms with E-state index in [9.17, 15) is 8.78 Å². The number of nitrogens with zero attached hydrogens (tertiary/aromatic N) is 2. The van der Waals surface area contributed by atoms with Gasteiger partial charge < -0.3 is 10.6 Å². The first-order valence-corrected chi connectivity index (χ1v) is 7.86. The molecule has 1 aromatic carbocycles. The van der Waals surface area contributed by atoms with Crippen molar-refractivity contribution in [2.45, 2.75) is 38.3 Å². The zero-order chi connectivity index (χ0) is 14.8. The Hall–Kier alpha value is -1.20. The average Bonchev–Trinajstić information content (AvgIpc) is 3.05. The molecule has 1 aliphatic carbocycles. The van der Waals surface area contributed by atoms with Gasteiger partial charge in [0.1, 0.15) is 0 Å². The minimum atomic E-state index is -0.798. The Kier molecular flexibility index (Phi) is 4.40. The van der Waals surface area contributed by atoms with Crippen molar-refractivity contribution < 1.29 is 8.78 Å². The molecule has 1 saturated carbocycles. The Morgan fingerprint density at radius 1 is 1.00 bits per heavy atom. The Labute approximate surface area is 124 Å². The van der Waals surface area contributed by atoms with Crippen LogP contribution in [0.2, 0.25) is 0 Å². The van der Waals surface area contributed by atoms with Crippen molar-refractivity contribution in [1.29, 1.82) is 0 Å². The highest BCUT2D eigenvalue weighted by Gasteiger charge is 2.27. The summed E-state index contributed by atoms with van der Waals surface area (Å²) in [7, 11) is 0. The van der Waals surface area contributed by atoms with E-state index in [1.54, 1.807) is 12.1 Å². The fourth-order valence-corrected chi connectivity index (χ4v) is 3.58. The lowest BCUT2D eigenvalue weighted by molar-refractivity contribution is 0.187. The van der Waals surface area contributed by atoms with Crippen LogP contribution in [0.25, 0.3) is 0 Å². The highest BCUT2D eigenvalue weighted by molar-refractivity contribution is 5.50. The van der Waals surface area contributed by atoms with E-state index < -0.39 is 11.6 Å². The molecule has 3 rings (SSSR count). The van der Waals surface area contributed by atoms with E-state index >= 15 is 0 Å². The van der Waals surface area contributed by atoms with Crippen LogP contribution >= 0.6 is 0 Å². The quantitative estimate of drug-likeness (QED) is 0.930. The van der Waals surface area contributed by atoms with E-state index in [1.807, 2.05) is 4.90 Å². The molecule has 2 N–H and O–H groups in total. The van der Waals surface area contributed by atoms with Crippen molar-refractivity contribution in [3.05, 3.63) is 29.3 Å². The summed E-state index contributed by atoms with van der Waals surface area (Å²) >= 11 is 0. The number of nitrogens with two attached hydrogens (primary N) is 1.